The molecular formula is C22H22N4O5. The number of rotatable bonds is 8. The van der Waals surface area contributed by atoms with Crippen LogP contribution < -0.4 is 21.4 Å². The van der Waals surface area contributed by atoms with E-state index in [0.717, 1.165) is 0 Å². The van der Waals surface area contributed by atoms with Gasteiger partial charge in [-0.1, -0.05) is 18.2 Å². The molecule has 0 unspecified atom stereocenters. The molecule has 1 heterocycles. The van der Waals surface area contributed by atoms with Gasteiger partial charge in [-0.2, -0.15) is 0 Å². The van der Waals surface area contributed by atoms with Gasteiger partial charge in [-0.15, -0.1) is 0 Å². The second-order valence-electron chi connectivity index (χ2n) is 6.77. The van der Waals surface area contributed by atoms with Gasteiger partial charge in [0.05, 0.1) is 6.54 Å². The van der Waals surface area contributed by atoms with Gasteiger partial charge in [-0.25, -0.2) is 0 Å². The number of benzene rings is 2. The Morgan fingerprint density at radius 3 is 2.48 bits per heavy atom. The Hall–Kier alpha value is -4.14. The van der Waals surface area contributed by atoms with E-state index in [9.17, 15) is 24.3 Å². The van der Waals surface area contributed by atoms with Crippen molar-refractivity contribution in [2.75, 3.05) is 19.6 Å². The first-order valence-corrected chi connectivity index (χ1v) is 9.68. The van der Waals surface area contributed by atoms with E-state index in [1.165, 1.54) is 18.3 Å². The van der Waals surface area contributed by atoms with E-state index in [-0.39, 0.29) is 23.8 Å². The number of aromatic nitrogens is 1. The normalized spacial score (nSPS) is 10.5. The average molecular weight is 422 g/mol. The van der Waals surface area contributed by atoms with Crippen LogP contribution in [0.1, 0.15) is 27.1 Å². The minimum atomic E-state index is -0.638. The van der Waals surface area contributed by atoms with Crippen LogP contribution in [0.4, 0.5) is 0 Å². The summed E-state index contributed by atoms with van der Waals surface area (Å²) in [7, 11) is 0. The molecule has 5 N–H and O–H groups in total. The van der Waals surface area contributed by atoms with Crippen molar-refractivity contribution in [1.29, 1.82) is 0 Å². The van der Waals surface area contributed by atoms with Gasteiger partial charge in [0, 0.05) is 35.8 Å². The number of aromatic amines is 1. The number of para-hydroxylation sites is 1. The molecule has 0 saturated heterocycles. The van der Waals surface area contributed by atoms with Crippen LogP contribution in [-0.4, -0.2) is 47.4 Å². The lowest BCUT2D eigenvalue weighted by Gasteiger charge is -2.08. The number of carbonyl (C=O) groups excluding carboxylic acids is 3. The monoisotopic (exact) mass is 422 g/mol. The third-order valence-corrected chi connectivity index (χ3v) is 4.51. The highest BCUT2D eigenvalue weighted by atomic mass is 16.3. The molecule has 0 fully saturated rings. The van der Waals surface area contributed by atoms with Gasteiger partial charge in [0.2, 0.25) is 11.3 Å². The van der Waals surface area contributed by atoms with Gasteiger partial charge in [0.25, 0.3) is 11.8 Å². The molecule has 0 atom stereocenters. The molecule has 31 heavy (non-hydrogen) atoms. The molecule has 1 aromatic heterocycles. The topological polar surface area (TPSA) is 140 Å². The minimum Gasteiger partial charge on any atom is -0.508 e. The standard InChI is InChI=1S/C22H22N4O5/c27-15-6-3-5-14(11-15)21(30)24-10-4-9-23-19(28)13-26-22(31)17-12-25-18-8-2-1-7-16(18)20(17)29/h1-3,5-8,11-12,27H,4,9-10,13H2,(H,23,28)(H,24,30)(H,25,29)(H,26,31). The maximum absolute atomic E-state index is 12.4. The Labute approximate surface area is 177 Å². The van der Waals surface area contributed by atoms with E-state index in [4.69, 9.17) is 0 Å². The van der Waals surface area contributed by atoms with Gasteiger partial charge < -0.3 is 26.0 Å². The predicted molar refractivity (Wildman–Crippen MR) is 115 cm³/mol. The third-order valence-electron chi connectivity index (χ3n) is 4.51. The fourth-order valence-corrected chi connectivity index (χ4v) is 2.92. The highest BCUT2D eigenvalue weighted by Gasteiger charge is 2.13. The molecule has 0 bridgehead atoms. The molecule has 0 aliphatic carbocycles. The molecule has 0 aliphatic heterocycles. The quantitative estimate of drug-likeness (QED) is 0.343. The van der Waals surface area contributed by atoms with E-state index in [1.807, 2.05) is 0 Å². The molecule has 0 spiro atoms. The first-order chi connectivity index (χ1) is 15.0. The van der Waals surface area contributed by atoms with Crippen LogP contribution in [0, 0.1) is 0 Å². The zero-order chi connectivity index (χ0) is 22.2. The Kier molecular flexibility index (Phi) is 7.00. The van der Waals surface area contributed by atoms with Gasteiger partial charge in [0.15, 0.2) is 0 Å². The van der Waals surface area contributed by atoms with Crippen molar-refractivity contribution < 1.29 is 19.5 Å². The number of pyridine rings is 1. The van der Waals surface area contributed by atoms with Crippen LogP contribution in [0.15, 0.2) is 59.5 Å². The van der Waals surface area contributed by atoms with Crippen molar-refractivity contribution in [2.24, 2.45) is 0 Å². The summed E-state index contributed by atoms with van der Waals surface area (Å²) in [6, 6.07) is 12.8. The average Bonchev–Trinajstić information content (AvgIpc) is 2.77. The largest absolute Gasteiger partial charge is 0.508 e. The molecule has 9 nitrogen and oxygen atoms in total. The first kappa shape index (κ1) is 21.6. The van der Waals surface area contributed by atoms with Crippen molar-refractivity contribution in [1.82, 2.24) is 20.9 Å². The summed E-state index contributed by atoms with van der Waals surface area (Å²) in [5.74, 6) is -1.37. The van der Waals surface area contributed by atoms with Crippen molar-refractivity contribution in [3.05, 3.63) is 76.1 Å². The number of hydrogen-bond donors (Lipinski definition) is 5. The Balaban J connectivity index is 1.38. The van der Waals surface area contributed by atoms with Gasteiger partial charge >= 0.3 is 0 Å². The highest BCUT2D eigenvalue weighted by molar-refractivity contribution is 5.98. The van der Waals surface area contributed by atoms with Crippen molar-refractivity contribution in [3.63, 3.8) is 0 Å². The molecule has 3 rings (SSSR count). The number of H-pyrrole nitrogens is 1. The van der Waals surface area contributed by atoms with Crippen LogP contribution in [0.3, 0.4) is 0 Å². The van der Waals surface area contributed by atoms with Crippen LogP contribution in [0.2, 0.25) is 0 Å². The number of nitrogens with one attached hydrogen (secondary N) is 4. The molecular weight excluding hydrogens is 400 g/mol. The summed E-state index contributed by atoms with van der Waals surface area (Å²) >= 11 is 0. The van der Waals surface area contributed by atoms with Gasteiger partial charge in [-0.3, -0.25) is 19.2 Å². The van der Waals surface area contributed by atoms with Crippen LogP contribution >= 0.6 is 0 Å². The summed E-state index contributed by atoms with van der Waals surface area (Å²) in [5.41, 5.74) is 0.490. The number of carbonyl (C=O) groups is 3. The summed E-state index contributed by atoms with van der Waals surface area (Å²) in [5, 5.41) is 17.5. The van der Waals surface area contributed by atoms with E-state index in [1.54, 1.807) is 36.4 Å². The van der Waals surface area contributed by atoms with E-state index < -0.39 is 17.2 Å². The molecule has 3 aromatic rings. The van der Waals surface area contributed by atoms with Crippen LogP contribution in [-0.2, 0) is 4.79 Å². The lowest BCUT2D eigenvalue weighted by Crippen LogP contribution is -2.39. The Morgan fingerprint density at radius 1 is 0.903 bits per heavy atom. The van der Waals surface area contributed by atoms with E-state index in [2.05, 4.69) is 20.9 Å². The SMILES string of the molecule is O=C(CNC(=O)c1c[nH]c2ccccc2c1=O)NCCCNC(=O)c1cccc(O)c1. The number of hydrogen-bond acceptors (Lipinski definition) is 5. The summed E-state index contributed by atoms with van der Waals surface area (Å²) in [4.78, 5) is 51.4. The molecule has 0 aliphatic rings. The number of phenols is 1. The van der Waals surface area contributed by atoms with Gasteiger partial charge in [-0.05, 0) is 36.8 Å². The molecule has 0 saturated carbocycles. The first-order valence-electron chi connectivity index (χ1n) is 9.68. The lowest BCUT2D eigenvalue weighted by atomic mass is 10.1. The zero-order valence-electron chi connectivity index (χ0n) is 16.6. The summed E-state index contributed by atoms with van der Waals surface area (Å²) in [6.45, 7) is 0.347. The molecule has 3 amide bonds. The third kappa shape index (κ3) is 5.69. The van der Waals surface area contributed by atoms with Crippen molar-refractivity contribution >= 4 is 28.6 Å². The zero-order valence-corrected chi connectivity index (χ0v) is 16.6. The number of amides is 3. The number of phenolic OH excluding ortho intramolecular Hbond substituents is 1. The fraction of sp³-hybridized carbons (Fsp3) is 0.182. The summed E-state index contributed by atoms with van der Waals surface area (Å²) in [6.07, 6.45) is 1.81. The van der Waals surface area contributed by atoms with E-state index >= 15 is 0 Å². The Bertz CT molecular complexity index is 1170. The smallest absolute Gasteiger partial charge is 0.257 e. The maximum Gasteiger partial charge on any atom is 0.257 e. The summed E-state index contributed by atoms with van der Waals surface area (Å²) < 4.78 is 0. The Morgan fingerprint density at radius 2 is 1.68 bits per heavy atom. The highest BCUT2D eigenvalue weighted by Crippen LogP contribution is 2.10. The number of fused-ring (bicyclic) bond motifs is 1. The molecule has 2 aromatic carbocycles. The molecule has 9 heteroatoms. The molecule has 160 valence electrons. The van der Waals surface area contributed by atoms with Crippen molar-refractivity contribution in [3.8, 4) is 5.75 Å². The predicted octanol–water partition coefficient (Wildman–Crippen LogP) is 0.900. The molecule has 0 radical (unpaired) electrons. The van der Waals surface area contributed by atoms with Crippen LogP contribution in [0.25, 0.3) is 10.9 Å². The number of aromatic hydroxyl groups is 1. The van der Waals surface area contributed by atoms with Crippen molar-refractivity contribution in [2.45, 2.75) is 6.42 Å². The second kappa shape index (κ2) is 10.1. The van der Waals surface area contributed by atoms with E-state index in [0.29, 0.717) is 36.0 Å². The maximum atomic E-state index is 12.4. The van der Waals surface area contributed by atoms with Gasteiger partial charge in [0.1, 0.15) is 11.3 Å². The second-order valence-corrected chi connectivity index (χ2v) is 6.77. The van der Waals surface area contributed by atoms with Crippen LogP contribution in [0.5, 0.6) is 5.75 Å². The fourth-order valence-electron chi connectivity index (χ4n) is 2.92. The lowest BCUT2D eigenvalue weighted by molar-refractivity contribution is -0.120. The minimum absolute atomic E-state index is 0.00707.